The quantitative estimate of drug-likeness (QED) is 0.444. The van der Waals surface area contributed by atoms with Crippen LogP contribution < -0.4 is 10.1 Å². The summed E-state index contributed by atoms with van der Waals surface area (Å²) in [6, 6.07) is 14.3. The van der Waals surface area contributed by atoms with E-state index in [4.69, 9.17) is 4.74 Å². The number of hydrogen-bond donors (Lipinski definition) is 1. The molecule has 2 aromatic heterocycles. The Bertz CT molecular complexity index is 1060. The first-order chi connectivity index (χ1) is 13.3. The minimum Gasteiger partial charge on any atom is -0.491 e. The van der Waals surface area contributed by atoms with Crippen LogP contribution in [0.3, 0.4) is 0 Å². The molecule has 0 aliphatic carbocycles. The van der Waals surface area contributed by atoms with Crippen molar-refractivity contribution < 1.29 is 9.13 Å². The topological polar surface area (TPSA) is 47.0 Å². The standard InChI is InChI=1S/C21H18FN3OS/c1-2-11-26-18-6-4-3-5-17(18)25-20-19-16(12-27-21(19)24-13-23-20)14-7-9-15(22)10-8-14/h3-10,12-13H,2,11H2,1H3,(H,23,24,25). The van der Waals surface area contributed by atoms with Crippen LogP contribution in [0, 0.1) is 5.82 Å². The largest absolute Gasteiger partial charge is 0.491 e. The highest BCUT2D eigenvalue weighted by Gasteiger charge is 2.14. The molecular formula is C21H18FN3OS. The lowest BCUT2D eigenvalue weighted by Crippen LogP contribution is -2.01. The van der Waals surface area contributed by atoms with Gasteiger partial charge in [0.1, 0.15) is 28.5 Å². The van der Waals surface area contributed by atoms with Crippen molar-refractivity contribution in [3.8, 4) is 16.9 Å². The van der Waals surface area contributed by atoms with Gasteiger partial charge in [0, 0.05) is 10.9 Å². The molecule has 4 aromatic rings. The first-order valence-corrected chi connectivity index (χ1v) is 9.61. The Morgan fingerprint density at radius 2 is 1.89 bits per heavy atom. The van der Waals surface area contributed by atoms with E-state index < -0.39 is 0 Å². The number of aromatic nitrogens is 2. The molecule has 1 N–H and O–H groups in total. The number of nitrogens with zero attached hydrogens (tertiary/aromatic N) is 2. The Kier molecular flexibility index (Phi) is 4.98. The average Bonchev–Trinajstić information content (AvgIpc) is 3.13. The number of hydrogen-bond acceptors (Lipinski definition) is 5. The van der Waals surface area contributed by atoms with Crippen LogP contribution in [0.5, 0.6) is 5.75 Å². The number of ether oxygens (including phenoxy) is 1. The molecule has 136 valence electrons. The van der Waals surface area contributed by atoms with E-state index in [2.05, 4.69) is 22.2 Å². The SMILES string of the molecule is CCCOc1ccccc1Nc1ncnc2scc(-c3ccc(F)cc3)c12. The van der Waals surface area contributed by atoms with E-state index >= 15 is 0 Å². The fraction of sp³-hybridized carbons (Fsp3) is 0.143. The van der Waals surface area contributed by atoms with Gasteiger partial charge in [-0.05, 0) is 36.2 Å². The number of anilines is 2. The van der Waals surface area contributed by atoms with E-state index in [1.807, 2.05) is 29.6 Å². The minimum absolute atomic E-state index is 0.255. The fourth-order valence-corrected chi connectivity index (χ4v) is 3.76. The number of rotatable bonds is 6. The molecule has 27 heavy (non-hydrogen) atoms. The predicted molar refractivity (Wildman–Crippen MR) is 108 cm³/mol. The van der Waals surface area contributed by atoms with Gasteiger partial charge in [-0.2, -0.15) is 0 Å². The summed E-state index contributed by atoms with van der Waals surface area (Å²) in [6.45, 7) is 2.72. The minimum atomic E-state index is -0.255. The molecule has 0 aliphatic rings. The van der Waals surface area contributed by atoms with Gasteiger partial charge in [0.05, 0.1) is 17.7 Å². The third-order valence-corrected chi connectivity index (χ3v) is 5.01. The summed E-state index contributed by atoms with van der Waals surface area (Å²) < 4.78 is 19.1. The van der Waals surface area contributed by atoms with E-state index in [0.29, 0.717) is 12.4 Å². The lowest BCUT2D eigenvalue weighted by atomic mass is 10.1. The number of halogens is 1. The van der Waals surface area contributed by atoms with Crippen molar-refractivity contribution >= 4 is 33.1 Å². The molecule has 0 bridgehead atoms. The summed E-state index contributed by atoms with van der Waals surface area (Å²) >= 11 is 1.54. The Hall–Kier alpha value is -2.99. The van der Waals surface area contributed by atoms with Crippen molar-refractivity contribution in [2.45, 2.75) is 13.3 Å². The maximum Gasteiger partial charge on any atom is 0.143 e. The number of para-hydroxylation sites is 2. The van der Waals surface area contributed by atoms with E-state index in [1.165, 1.54) is 23.5 Å². The second kappa shape index (κ2) is 7.72. The van der Waals surface area contributed by atoms with E-state index in [1.54, 1.807) is 18.5 Å². The zero-order chi connectivity index (χ0) is 18.6. The summed E-state index contributed by atoms with van der Waals surface area (Å²) in [4.78, 5) is 9.71. The molecule has 0 spiro atoms. The molecule has 2 heterocycles. The van der Waals surface area contributed by atoms with Crippen LogP contribution in [0.25, 0.3) is 21.3 Å². The molecule has 0 fully saturated rings. The van der Waals surface area contributed by atoms with E-state index in [0.717, 1.165) is 39.2 Å². The zero-order valence-corrected chi connectivity index (χ0v) is 15.6. The molecule has 0 radical (unpaired) electrons. The van der Waals surface area contributed by atoms with Crippen LogP contribution in [-0.2, 0) is 0 Å². The molecule has 2 aromatic carbocycles. The van der Waals surface area contributed by atoms with Crippen molar-refractivity contribution in [3.05, 3.63) is 66.1 Å². The number of thiophene rings is 1. The van der Waals surface area contributed by atoms with E-state index in [9.17, 15) is 4.39 Å². The molecule has 6 heteroatoms. The Morgan fingerprint density at radius 3 is 2.70 bits per heavy atom. The molecule has 4 rings (SSSR count). The van der Waals surface area contributed by atoms with Crippen LogP contribution >= 0.6 is 11.3 Å². The number of benzene rings is 2. The van der Waals surface area contributed by atoms with E-state index in [-0.39, 0.29) is 5.82 Å². The molecule has 0 atom stereocenters. The highest BCUT2D eigenvalue weighted by molar-refractivity contribution is 7.17. The molecule has 0 saturated carbocycles. The average molecular weight is 379 g/mol. The van der Waals surface area contributed by atoms with Crippen molar-refractivity contribution in [2.24, 2.45) is 0 Å². The fourth-order valence-electron chi connectivity index (χ4n) is 2.85. The highest BCUT2D eigenvalue weighted by atomic mass is 32.1. The number of nitrogens with one attached hydrogen (secondary N) is 1. The third-order valence-electron chi connectivity index (χ3n) is 4.13. The van der Waals surface area contributed by atoms with Gasteiger partial charge < -0.3 is 10.1 Å². The first-order valence-electron chi connectivity index (χ1n) is 8.73. The summed E-state index contributed by atoms with van der Waals surface area (Å²) in [6.07, 6.45) is 2.48. The number of fused-ring (bicyclic) bond motifs is 1. The van der Waals surface area contributed by atoms with Crippen LogP contribution in [0.15, 0.2) is 60.2 Å². The van der Waals surface area contributed by atoms with Gasteiger partial charge in [-0.3, -0.25) is 0 Å². The molecule has 4 nitrogen and oxygen atoms in total. The van der Waals surface area contributed by atoms with Gasteiger partial charge in [0.25, 0.3) is 0 Å². The second-order valence-corrected chi connectivity index (χ2v) is 6.89. The van der Waals surface area contributed by atoms with Gasteiger partial charge in [-0.25, -0.2) is 14.4 Å². The van der Waals surface area contributed by atoms with Crippen molar-refractivity contribution in [2.75, 3.05) is 11.9 Å². The Labute approximate surface area is 160 Å². The maximum atomic E-state index is 13.3. The molecule has 0 unspecified atom stereocenters. The Morgan fingerprint density at radius 1 is 1.07 bits per heavy atom. The van der Waals surface area contributed by atoms with Gasteiger partial charge in [0.15, 0.2) is 0 Å². The lowest BCUT2D eigenvalue weighted by molar-refractivity contribution is 0.319. The zero-order valence-electron chi connectivity index (χ0n) is 14.8. The summed E-state index contributed by atoms with van der Waals surface area (Å²) in [5, 5.41) is 6.33. The van der Waals surface area contributed by atoms with Crippen LogP contribution in [0.2, 0.25) is 0 Å². The van der Waals surface area contributed by atoms with Crippen molar-refractivity contribution in [3.63, 3.8) is 0 Å². The van der Waals surface area contributed by atoms with Crippen LogP contribution in [0.1, 0.15) is 13.3 Å². The van der Waals surface area contributed by atoms with Crippen molar-refractivity contribution in [1.29, 1.82) is 0 Å². The van der Waals surface area contributed by atoms with Gasteiger partial charge in [-0.15, -0.1) is 11.3 Å². The smallest absolute Gasteiger partial charge is 0.143 e. The predicted octanol–water partition coefficient (Wildman–Crippen LogP) is 6.03. The van der Waals surface area contributed by atoms with Crippen molar-refractivity contribution in [1.82, 2.24) is 9.97 Å². The summed E-state index contributed by atoms with van der Waals surface area (Å²) in [7, 11) is 0. The van der Waals surface area contributed by atoms with Gasteiger partial charge >= 0.3 is 0 Å². The highest BCUT2D eigenvalue weighted by Crippen LogP contribution is 2.38. The molecule has 0 saturated heterocycles. The summed E-state index contributed by atoms with van der Waals surface area (Å²) in [5.74, 6) is 1.23. The second-order valence-electron chi connectivity index (χ2n) is 6.03. The molecule has 0 aliphatic heterocycles. The third kappa shape index (κ3) is 3.61. The normalized spacial score (nSPS) is 10.9. The maximum absolute atomic E-state index is 13.3. The molecular weight excluding hydrogens is 361 g/mol. The van der Waals surface area contributed by atoms with Gasteiger partial charge in [0.2, 0.25) is 0 Å². The van der Waals surface area contributed by atoms with Gasteiger partial charge in [-0.1, -0.05) is 31.2 Å². The monoisotopic (exact) mass is 379 g/mol. The Balaban J connectivity index is 1.77. The summed E-state index contributed by atoms with van der Waals surface area (Å²) in [5.41, 5.74) is 2.75. The van der Waals surface area contributed by atoms with Crippen LogP contribution in [-0.4, -0.2) is 16.6 Å². The first kappa shape index (κ1) is 17.4. The van der Waals surface area contributed by atoms with Crippen LogP contribution in [0.4, 0.5) is 15.9 Å². The lowest BCUT2D eigenvalue weighted by Gasteiger charge is -2.13. The molecule has 0 amide bonds.